The molecule has 1 saturated heterocycles. The lowest BCUT2D eigenvalue weighted by Crippen LogP contribution is -2.40. The lowest BCUT2D eigenvalue weighted by Gasteiger charge is -2.41. The molecule has 0 aromatic carbocycles. The Morgan fingerprint density at radius 1 is 1.17 bits per heavy atom. The number of ether oxygens (including phenoxy) is 2. The first-order valence-corrected chi connectivity index (χ1v) is 7.21. The number of rotatable bonds is 1. The number of carbonyl (C=O) groups is 1. The molecule has 2 atom stereocenters. The summed E-state index contributed by atoms with van der Waals surface area (Å²) in [4.78, 5) is 11.9. The Hall–Kier alpha value is -0.570. The third kappa shape index (κ3) is 2.42. The Labute approximate surface area is 109 Å². The van der Waals surface area contributed by atoms with E-state index in [0.29, 0.717) is 11.8 Å². The van der Waals surface area contributed by atoms with E-state index in [9.17, 15) is 4.79 Å². The highest BCUT2D eigenvalue weighted by atomic mass is 16.6. The van der Waals surface area contributed by atoms with E-state index in [2.05, 4.69) is 0 Å². The fourth-order valence-corrected chi connectivity index (χ4v) is 3.73. The zero-order valence-corrected chi connectivity index (χ0v) is 11.7. The molecule has 1 spiro atoms. The number of fused-ring (bicyclic) bond motifs is 2. The van der Waals surface area contributed by atoms with Gasteiger partial charge >= 0.3 is 5.97 Å². The third-order valence-electron chi connectivity index (χ3n) is 4.62. The summed E-state index contributed by atoms with van der Waals surface area (Å²) in [5.74, 6) is 1.36. The van der Waals surface area contributed by atoms with Crippen LogP contribution in [0.2, 0.25) is 0 Å². The second-order valence-electron chi connectivity index (χ2n) is 7.60. The first kappa shape index (κ1) is 12.5. The van der Waals surface area contributed by atoms with E-state index >= 15 is 0 Å². The Kier molecular flexibility index (Phi) is 2.74. The number of epoxide rings is 1. The summed E-state index contributed by atoms with van der Waals surface area (Å²) in [6, 6.07) is 0. The van der Waals surface area contributed by atoms with Crippen LogP contribution in [0.5, 0.6) is 0 Å². The van der Waals surface area contributed by atoms with E-state index in [0.717, 1.165) is 19.4 Å². The predicted molar refractivity (Wildman–Crippen MR) is 68.1 cm³/mol. The van der Waals surface area contributed by atoms with E-state index in [1.54, 1.807) is 0 Å². The van der Waals surface area contributed by atoms with Gasteiger partial charge < -0.3 is 9.47 Å². The van der Waals surface area contributed by atoms with Gasteiger partial charge in [-0.1, -0.05) is 0 Å². The highest BCUT2D eigenvalue weighted by Gasteiger charge is 2.53. The Balaban J connectivity index is 1.59. The zero-order valence-electron chi connectivity index (χ0n) is 11.7. The van der Waals surface area contributed by atoms with Gasteiger partial charge in [-0.25, -0.2) is 0 Å². The van der Waals surface area contributed by atoms with E-state index < -0.39 is 0 Å². The molecule has 18 heavy (non-hydrogen) atoms. The Bertz CT molecular complexity index is 335. The average Bonchev–Trinajstić information content (AvgIpc) is 2.94. The van der Waals surface area contributed by atoms with Crippen molar-refractivity contribution < 1.29 is 14.3 Å². The molecule has 2 bridgehead atoms. The SMILES string of the molecule is CC(C)(C)C(=O)OC1CC2CC(C1)CC1(CO1)C2. The first-order chi connectivity index (χ1) is 8.36. The van der Waals surface area contributed by atoms with E-state index in [1.807, 2.05) is 20.8 Å². The summed E-state index contributed by atoms with van der Waals surface area (Å²) < 4.78 is 11.3. The lowest BCUT2D eigenvalue weighted by molar-refractivity contribution is -0.163. The summed E-state index contributed by atoms with van der Waals surface area (Å²) in [6.07, 6.45) is 5.93. The van der Waals surface area contributed by atoms with Crippen LogP contribution < -0.4 is 0 Å². The molecule has 0 aromatic rings. The van der Waals surface area contributed by atoms with Gasteiger partial charge in [0.15, 0.2) is 0 Å². The molecule has 1 heterocycles. The molecule has 1 aliphatic heterocycles. The molecular formula is C15H24O3. The quantitative estimate of drug-likeness (QED) is 0.532. The summed E-state index contributed by atoms with van der Waals surface area (Å²) in [5, 5.41) is 0. The molecule has 2 saturated carbocycles. The summed E-state index contributed by atoms with van der Waals surface area (Å²) in [6.45, 7) is 6.73. The van der Waals surface area contributed by atoms with Gasteiger partial charge in [0.1, 0.15) is 6.10 Å². The number of esters is 1. The molecule has 3 fully saturated rings. The van der Waals surface area contributed by atoms with Crippen LogP contribution in [0, 0.1) is 17.3 Å². The molecule has 3 heteroatoms. The van der Waals surface area contributed by atoms with Gasteiger partial charge in [-0.3, -0.25) is 4.79 Å². The summed E-state index contributed by atoms with van der Waals surface area (Å²) in [5.41, 5.74) is -0.139. The molecular weight excluding hydrogens is 228 g/mol. The summed E-state index contributed by atoms with van der Waals surface area (Å²) in [7, 11) is 0. The molecule has 2 aliphatic carbocycles. The molecule has 0 aromatic heterocycles. The van der Waals surface area contributed by atoms with Crippen molar-refractivity contribution >= 4 is 5.97 Å². The maximum atomic E-state index is 11.9. The van der Waals surface area contributed by atoms with Crippen molar-refractivity contribution in [3.05, 3.63) is 0 Å². The first-order valence-electron chi connectivity index (χ1n) is 7.21. The minimum Gasteiger partial charge on any atom is -0.462 e. The lowest BCUT2D eigenvalue weighted by atomic mass is 9.67. The molecule has 0 N–H and O–H groups in total. The number of carbonyl (C=O) groups excluding carboxylic acids is 1. The second kappa shape index (κ2) is 3.96. The van der Waals surface area contributed by atoms with Crippen molar-refractivity contribution in [3.63, 3.8) is 0 Å². The standard InChI is InChI=1S/C15H24O3/c1-14(2,3)13(16)18-12-5-10-4-11(6-12)8-15(7-10)9-17-15/h10-12H,4-9H2,1-3H3. The van der Waals surface area contributed by atoms with Crippen LogP contribution in [0.4, 0.5) is 0 Å². The monoisotopic (exact) mass is 252 g/mol. The minimum atomic E-state index is -0.382. The van der Waals surface area contributed by atoms with Crippen molar-refractivity contribution in [3.8, 4) is 0 Å². The van der Waals surface area contributed by atoms with Crippen LogP contribution in [0.1, 0.15) is 52.9 Å². The number of hydrogen-bond donors (Lipinski definition) is 0. The van der Waals surface area contributed by atoms with E-state index in [1.165, 1.54) is 19.3 Å². The summed E-state index contributed by atoms with van der Waals surface area (Å²) >= 11 is 0. The largest absolute Gasteiger partial charge is 0.462 e. The van der Waals surface area contributed by atoms with Crippen LogP contribution in [0.3, 0.4) is 0 Å². The molecule has 0 amide bonds. The van der Waals surface area contributed by atoms with Crippen LogP contribution in [-0.2, 0) is 14.3 Å². The fraction of sp³-hybridized carbons (Fsp3) is 0.933. The van der Waals surface area contributed by atoms with Crippen molar-refractivity contribution in [2.75, 3.05) is 6.61 Å². The van der Waals surface area contributed by atoms with Gasteiger partial charge in [0.2, 0.25) is 0 Å². The average molecular weight is 252 g/mol. The van der Waals surface area contributed by atoms with Crippen LogP contribution in [-0.4, -0.2) is 24.3 Å². The minimum absolute atomic E-state index is 0.0511. The van der Waals surface area contributed by atoms with Crippen LogP contribution >= 0.6 is 0 Å². The highest BCUT2D eigenvalue weighted by Crippen LogP contribution is 2.52. The fourth-order valence-electron chi connectivity index (χ4n) is 3.73. The van der Waals surface area contributed by atoms with E-state index in [4.69, 9.17) is 9.47 Å². The maximum absolute atomic E-state index is 11.9. The predicted octanol–water partition coefficient (Wildman–Crippen LogP) is 2.92. The second-order valence-corrected chi connectivity index (χ2v) is 7.60. The topological polar surface area (TPSA) is 38.8 Å². The zero-order chi connectivity index (χ0) is 13.0. The molecule has 3 aliphatic rings. The van der Waals surface area contributed by atoms with E-state index in [-0.39, 0.29) is 23.1 Å². The van der Waals surface area contributed by atoms with Crippen LogP contribution in [0.25, 0.3) is 0 Å². The normalized spacial score (nSPS) is 42.7. The smallest absolute Gasteiger partial charge is 0.311 e. The molecule has 3 rings (SSSR count). The molecule has 0 radical (unpaired) electrons. The third-order valence-corrected chi connectivity index (χ3v) is 4.62. The number of hydrogen-bond acceptors (Lipinski definition) is 3. The van der Waals surface area contributed by atoms with Crippen LogP contribution in [0.15, 0.2) is 0 Å². The Morgan fingerprint density at radius 3 is 2.17 bits per heavy atom. The highest BCUT2D eigenvalue weighted by molar-refractivity contribution is 5.75. The molecule has 102 valence electrons. The Morgan fingerprint density at radius 2 is 1.72 bits per heavy atom. The van der Waals surface area contributed by atoms with Crippen molar-refractivity contribution in [1.82, 2.24) is 0 Å². The van der Waals surface area contributed by atoms with Gasteiger partial charge in [0.25, 0.3) is 0 Å². The van der Waals surface area contributed by atoms with Crippen molar-refractivity contribution in [2.45, 2.75) is 64.6 Å². The van der Waals surface area contributed by atoms with Gasteiger partial charge in [-0.15, -0.1) is 0 Å². The van der Waals surface area contributed by atoms with Gasteiger partial charge in [0, 0.05) is 0 Å². The van der Waals surface area contributed by atoms with Gasteiger partial charge in [0.05, 0.1) is 17.6 Å². The van der Waals surface area contributed by atoms with Crippen molar-refractivity contribution in [2.24, 2.45) is 17.3 Å². The molecule has 3 nitrogen and oxygen atoms in total. The van der Waals surface area contributed by atoms with Gasteiger partial charge in [-0.2, -0.15) is 0 Å². The van der Waals surface area contributed by atoms with Gasteiger partial charge in [-0.05, 0) is 64.7 Å². The molecule has 2 unspecified atom stereocenters. The van der Waals surface area contributed by atoms with Crippen molar-refractivity contribution in [1.29, 1.82) is 0 Å². The maximum Gasteiger partial charge on any atom is 0.311 e.